The molecule has 0 saturated heterocycles. The Morgan fingerprint density at radius 2 is 2.00 bits per heavy atom. The Morgan fingerprint density at radius 1 is 1.38 bits per heavy atom. The molecule has 0 aliphatic carbocycles. The molecular weight excluding hydrogens is 183 g/mol. The van der Waals surface area contributed by atoms with E-state index in [0.717, 1.165) is 12.1 Å². The first-order valence-electron chi connectivity index (χ1n) is 3.46. The summed E-state index contributed by atoms with van der Waals surface area (Å²) in [5.74, 6) is -0.480. The number of hydrogen-bond acceptors (Lipinski definition) is 2. The maximum atomic E-state index is 12.1. The van der Waals surface area contributed by atoms with Gasteiger partial charge in [-0.05, 0) is 12.1 Å². The second-order valence-electron chi connectivity index (χ2n) is 2.46. The number of nitrogens with zero attached hydrogens (tertiary/aromatic N) is 1. The predicted octanol–water partition coefficient (Wildman–Crippen LogP) is 2.30. The predicted molar refractivity (Wildman–Crippen MR) is 39.2 cm³/mol. The van der Waals surface area contributed by atoms with Crippen LogP contribution in [0.3, 0.4) is 0 Å². The van der Waals surface area contributed by atoms with Gasteiger partial charge in [0.1, 0.15) is 11.4 Å². The van der Waals surface area contributed by atoms with Crippen LogP contribution in [0, 0.1) is 0 Å². The lowest BCUT2D eigenvalue weighted by molar-refractivity contribution is -0.141. The number of ketones is 1. The van der Waals surface area contributed by atoms with Crippen LogP contribution in [0.2, 0.25) is 0 Å². The van der Waals surface area contributed by atoms with E-state index >= 15 is 0 Å². The molecule has 70 valence electrons. The van der Waals surface area contributed by atoms with Crippen molar-refractivity contribution in [3.05, 3.63) is 29.6 Å². The van der Waals surface area contributed by atoms with Gasteiger partial charge in [0.15, 0.2) is 5.78 Å². The van der Waals surface area contributed by atoms with Crippen LogP contribution in [0.1, 0.15) is 23.1 Å². The topological polar surface area (TPSA) is 30.0 Å². The highest BCUT2D eigenvalue weighted by Gasteiger charge is 2.32. The van der Waals surface area contributed by atoms with Gasteiger partial charge in [0.2, 0.25) is 0 Å². The van der Waals surface area contributed by atoms with Gasteiger partial charge in [-0.1, -0.05) is 6.07 Å². The molecule has 0 aromatic carbocycles. The first kappa shape index (κ1) is 9.70. The maximum Gasteiger partial charge on any atom is 0.433 e. The summed E-state index contributed by atoms with van der Waals surface area (Å²) < 4.78 is 36.2. The average Bonchev–Trinajstić information content (AvgIpc) is 2.03. The zero-order valence-electron chi connectivity index (χ0n) is 6.72. The molecule has 0 fully saturated rings. The Kier molecular flexibility index (Phi) is 2.36. The summed E-state index contributed by atoms with van der Waals surface area (Å²) in [6.45, 7) is 1.17. The summed E-state index contributed by atoms with van der Waals surface area (Å²) >= 11 is 0. The van der Waals surface area contributed by atoms with Crippen LogP contribution in [0.5, 0.6) is 0 Å². The number of alkyl halides is 3. The molecule has 0 atom stereocenters. The number of Topliss-reactive ketones (excluding diaryl/α,β-unsaturated/α-hetero) is 1. The van der Waals surface area contributed by atoms with E-state index in [-0.39, 0.29) is 5.69 Å². The minimum Gasteiger partial charge on any atom is -0.293 e. The summed E-state index contributed by atoms with van der Waals surface area (Å²) in [6.07, 6.45) is -4.49. The lowest BCUT2D eigenvalue weighted by atomic mass is 10.2. The fraction of sp³-hybridized carbons (Fsp3) is 0.250. The Morgan fingerprint density at radius 3 is 2.46 bits per heavy atom. The minimum absolute atomic E-state index is 0.171. The lowest BCUT2D eigenvalue weighted by Gasteiger charge is -2.05. The Hall–Kier alpha value is -1.39. The van der Waals surface area contributed by atoms with Gasteiger partial charge in [-0.15, -0.1) is 0 Å². The highest BCUT2D eigenvalue weighted by molar-refractivity contribution is 5.92. The largest absolute Gasteiger partial charge is 0.433 e. The number of rotatable bonds is 1. The molecule has 1 aromatic rings. The van der Waals surface area contributed by atoms with Crippen molar-refractivity contribution < 1.29 is 18.0 Å². The van der Waals surface area contributed by atoms with Crippen LogP contribution in [0.4, 0.5) is 13.2 Å². The number of carbonyl (C=O) groups excluding carboxylic acids is 1. The highest BCUT2D eigenvalue weighted by Crippen LogP contribution is 2.27. The van der Waals surface area contributed by atoms with Crippen LogP contribution >= 0.6 is 0 Å². The third-order valence-corrected chi connectivity index (χ3v) is 1.40. The monoisotopic (exact) mass is 189 g/mol. The standard InChI is InChI=1S/C8H6F3NO/c1-5(13)6-3-2-4-7(12-6)8(9,10)11/h2-4H,1H3. The minimum atomic E-state index is -4.49. The molecule has 0 aliphatic heterocycles. The normalized spacial score (nSPS) is 11.4. The molecule has 1 heterocycles. The van der Waals surface area contributed by atoms with Crippen LogP contribution in [-0.2, 0) is 6.18 Å². The smallest absolute Gasteiger partial charge is 0.293 e. The van der Waals surface area contributed by atoms with Crippen LogP contribution in [0.15, 0.2) is 18.2 Å². The van der Waals surface area contributed by atoms with E-state index < -0.39 is 17.7 Å². The molecule has 0 spiro atoms. The number of carbonyl (C=O) groups is 1. The van der Waals surface area contributed by atoms with Gasteiger partial charge in [0, 0.05) is 6.92 Å². The van der Waals surface area contributed by atoms with Crippen molar-refractivity contribution in [1.82, 2.24) is 4.98 Å². The zero-order chi connectivity index (χ0) is 10.1. The molecule has 0 unspecified atom stereocenters. The van der Waals surface area contributed by atoms with Gasteiger partial charge in [0.25, 0.3) is 0 Å². The molecule has 2 nitrogen and oxygen atoms in total. The summed E-state index contributed by atoms with van der Waals surface area (Å²) in [6, 6.07) is 3.23. The van der Waals surface area contributed by atoms with Crippen molar-refractivity contribution in [1.29, 1.82) is 0 Å². The third-order valence-electron chi connectivity index (χ3n) is 1.40. The average molecular weight is 189 g/mol. The highest BCUT2D eigenvalue weighted by atomic mass is 19.4. The van der Waals surface area contributed by atoms with Gasteiger partial charge < -0.3 is 0 Å². The second kappa shape index (κ2) is 3.16. The molecule has 13 heavy (non-hydrogen) atoms. The maximum absolute atomic E-state index is 12.1. The van der Waals surface area contributed by atoms with Crippen molar-refractivity contribution in [2.45, 2.75) is 13.1 Å². The summed E-state index contributed by atoms with van der Waals surface area (Å²) in [5.41, 5.74) is -1.21. The Bertz CT molecular complexity index is 332. The van der Waals surface area contributed by atoms with Crippen LogP contribution in [0.25, 0.3) is 0 Å². The molecule has 0 amide bonds. The molecule has 0 aliphatic rings. The van der Waals surface area contributed by atoms with Gasteiger partial charge in [-0.2, -0.15) is 13.2 Å². The molecule has 0 radical (unpaired) electrons. The van der Waals surface area contributed by atoms with E-state index in [0.29, 0.717) is 0 Å². The quantitative estimate of drug-likeness (QED) is 0.634. The summed E-state index contributed by atoms with van der Waals surface area (Å²) in [7, 11) is 0. The lowest BCUT2D eigenvalue weighted by Crippen LogP contribution is -2.10. The molecule has 0 bridgehead atoms. The summed E-state index contributed by atoms with van der Waals surface area (Å²) in [5, 5.41) is 0. The van der Waals surface area contributed by atoms with Crippen LogP contribution < -0.4 is 0 Å². The van der Waals surface area contributed by atoms with Crippen molar-refractivity contribution in [2.75, 3.05) is 0 Å². The van der Waals surface area contributed by atoms with Crippen molar-refractivity contribution in [2.24, 2.45) is 0 Å². The second-order valence-corrected chi connectivity index (χ2v) is 2.46. The zero-order valence-corrected chi connectivity index (χ0v) is 6.72. The van der Waals surface area contributed by atoms with E-state index in [9.17, 15) is 18.0 Å². The van der Waals surface area contributed by atoms with Crippen molar-refractivity contribution >= 4 is 5.78 Å². The molecule has 5 heteroatoms. The molecule has 0 saturated carbocycles. The molecule has 1 rings (SSSR count). The van der Waals surface area contributed by atoms with Gasteiger partial charge >= 0.3 is 6.18 Å². The van der Waals surface area contributed by atoms with E-state index in [1.807, 2.05) is 0 Å². The van der Waals surface area contributed by atoms with E-state index in [4.69, 9.17) is 0 Å². The fourth-order valence-electron chi connectivity index (χ4n) is 0.789. The van der Waals surface area contributed by atoms with Crippen LogP contribution in [-0.4, -0.2) is 10.8 Å². The van der Waals surface area contributed by atoms with E-state index in [1.165, 1.54) is 13.0 Å². The SMILES string of the molecule is CC(=O)c1cccc(C(F)(F)F)n1. The molecular formula is C8H6F3NO. The van der Waals surface area contributed by atoms with E-state index in [2.05, 4.69) is 4.98 Å². The first-order valence-corrected chi connectivity index (χ1v) is 3.46. The number of hydrogen-bond donors (Lipinski definition) is 0. The third kappa shape index (κ3) is 2.27. The van der Waals surface area contributed by atoms with Gasteiger partial charge in [0.05, 0.1) is 0 Å². The molecule has 1 aromatic heterocycles. The van der Waals surface area contributed by atoms with E-state index in [1.54, 1.807) is 0 Å². The summed E-state index contributed by atoms with van der Waals surface area (Å²) in [4.78, 5) is 13.9. The number of halogens is 3. The van der Waals surface area contributed by atoms with Crippen molar-refractivity contribution in [3.63, 3.8) is 0 Å². The fourth-order valence-corrected chi connectivity index (χ4v) is 0.789. The number of pyridine rings is 1. The first-order chi connectivity index (χ1) is 5.91. The van der Waals surface area contributed by atoms with Gasteiger partial charge in [-0.25, -0.2) is 4.98 Å². The van der Waals surface area contributed by atoms with Crippen molar-refractivity contribution in [3.8, 4) is 0 Å². The van der Waals surface area contributed by atoms with Gasteiger partial charge in [-0.3, -0.25) is 4.79 Å². The molecule has 0 N–H and O–H groups in total. The number of aromatic nitrogens is 1. The Balaban J connectivity index is 3.13. The Labute approximate surface area is 72.4 Å².